The third-order valence-electron chi connectivity index (χ3n) is 5.75. The summed E-state index contributed by atoms with van der Waals surface area (Å²) in [4.78, 5) is 24.4. The Kier molecular flexibility index (Phi) is 7.84. The van der Waals surface area contributed by atoms with Crippen LogP contribution < -0.4 is 19.7 Å². The van der Waals surface area contributed by atoms with Gasteiger partial charge in [-0.05, 0) is 48.7 Å². The van der Waals surface area contributed by atoms with E-state index in [1.807, 2.05) is 30.3 Å². The molecule has 2 heterocycles. The molecule has 0 unspecified atom stereocenters. The van der Waals surface area contributed by atoms with Crippen molar-refractivity contribution in [1.82, 2.24) is 15.3 Å². The number of benzene rings is 2. The van der Waals surface area contributed by atoms with E-state index in [4.69, 9.17) is 9.47 Å². The predicted molar refractivity (Wildman–Crippen MR) is 129 cm³/mol. The average Bonchev–Trinajstić information content (AvgIpc) is 2.87. The number of nitrogens with zero attached hydrogens (tertiary/aromatic N) is 3. The zero-order valence-electron chi connectivity index (χ0n) is 19.2. The number of nitrogens with one attached hydrogen (secondary N) is 1. The van der Waals surface area contributed by atoms with Gasteiger partial charge < -0.3 is 19.7 Å². The Labute approximate surface area is 202 Å². The molecule has 0 bridgehead atoms. The zero-order chi connectivity index (χ0) is 23.9. The fourth-order valence-electron chi connectivity index (χ4n) is 3.90. The Morgan fingerprint density at radius 2 is 1.88 bits per heavy atom. The van der Waals surface area contributed by atoms with E-state index in [1.165, 1.54) is 30.2 Å². The standard InChI is InChI=1S/C25H27FN4O3S/c1-32-21-7-6-17(12-22(21)33-2)15-27-25(31)18-8-10-30(11-9-18)23-14-24(29-16-28-23)34-20-5-3-4-19(26)13-20/h3-7,12-14,16,18H,8-11,15H2,1-2H3,(H,27,31). The second kappa shape index (κ2) is 11.2. The summed E-state index contributed by atoms with van der Waals surface area (Å²) in [6, 6.07) is 14.0. The molecule has 2 aromatic carbocycles. The molecular formula is C25H27FN4O3S. The van der Waals surface area contributed by atoms with E-state index in [-0.39, 0.29) is 17.6 Å². The summed E-state index contributed by atoms with van der Waals surface area (Å²) < 4.78 is 24.0. The van der Waals surface area contributed by atoms with Gasteiger partial charge in [0, 0.05) is 36.5 Å². The topological polar surface area (TPSA) is 76.6 Å². The molecule has 0 spiro atoms. The maximum atomic E-state index is 13.5. The minimum Gasteiger partial charge on any atom is -0.493 e. The molecule has 1 N–H and O–H groups in total. The van der Waals surface area contributed by atoms with Gasteiger partial charge in [0.15, 0.2) is 11.5 Å². The summed E-state index contributed by atoms with van der Waals surface area (Å²) in [6.07, 6.45) is 3.02. The Bertz CT molecular complexity index is 1140. The van der Waals surface area contributed by atoms with Crippen LogP contribution in [0.15, 0.2) is 64.8 Å². The predicted octanol–water partition coefficient (Wildman–Crippen LogP) is 4.32. The van der Waals surface area contributed by atoms with Crippen LogP contribution in [0.5, 0.6) is 11.5 Å². The number of rotatable bonds is 8. The summed E-state index contributed by atoms with van der Waals surface area (Å²) in [6.45, 7) is 1.90. The van der Waals surface area contributed by atoms with Crippen molar-refractivity contribution in [3.05, 3.63) is 66.2 Å². The largest absolute Gasteiger partial charge is 0.493 e. The van der Waals surface area contributed by atoms with E-state index >= 15 is 0 Å². The first kappa shape index (κ1) is 23.8. The van der Waals surface area contributed by atoms with Gasteiger partial charge in [-0.15, -0.1) is 0 Å². The number of piperidine rings is 1. The first-order chi connectivity index (χ1) is 16.6. The van der Waals surface area contributed by atoms with E-state index in [2.05, 4.69) is 20.2 Å². The monoisotopic (exact) mass is 482 g/mol. The van der Waals surface area contributed by atoms with Crippen LogP contribution in [0.1, 0.15) is 18.4 Å². The van der Waals surface area contributed by atoms with Gasteiger partial charge >= 0.3 is 0 Å². The number of hydrogen-bond acceptors (Lipinski definition) is 7. The third-order valence-corrected chi connectivity index (χ3v) is 6.67. The minimum absolute atomic E-state index is 0.0422. The lowest BCUT2D eigenvalue weighted by Crippen LogP contribution is -2.40. The van der Waals surface area contributed by atoms with E-state index in [0.29, 0.717) is 18.0 Å². The van der Waals surface area contributed by atoms with Crippen molar-refractivity contribution < 1.29 is 18.7 Å². The van der Waals surface area contributed by atoms with Crippen LogP contribution in [0.2, 0.25) is 0 Å². The molecule has 1 fully saturated rings. The second-order valence-electron chi connectivity index (χ2n) is 7.94. The molecule has 0 aliphatic carbocycles. The van der Waals surface area contributed by atoms with Crippen LogP contribution in [0.4, 0.5) is 10.2 Å². The molecule has 1 aromatic heterocycles. The van der Waals surface area contributed by atoms with Gasteiger partial charge in [0.2, 0.25) is 5.91 Å². The molecule has 1 aliphatic rings. The summed E-state index contributed by atoms with van der Waals surface area (Å²) in [5, 5.41) is 3.79. The van der Waals surface area contributed by atoms with Crippen molar-refractivity contribution >= 4 is 23.5 Å². The van der Waals surface area contributed by atoms with Crippen molar-refractivity contribution in [2.45, 2.75) is 29.3 Å². The summed E-state index contributed by atoms with van der Waals surface area (Å²) in [5.41, 5.74) is 0.952. The van der Waals surface area contributed by atoms with Gasteiger partial charge in [-0.2, -0.15) is 0 Å². The highest BCUT2D eigenvalue weighted by Gasteiger charge is 2.25. The molecule has 0 saturated carbocycles. The lowest BCUT2D eigenvalue weighted by Gasteiger charge is -2.32. The lowest BCUT2D eigenvalue weighted by atomic mass is 9.96. The van der Waals surface area contributed by atoms with Crippen LogP contribution >= 0.6 is 11.8 Å². The van der Waals surface area contributed by atoms with Gasteiger partial charge in [-0.3, -0.25) is 4.79 Å². The van der Waals surface area contributed by atoms with Crippen LogP contribution in [-0.4, -0.2) is 43.2 Å². The number of halogens is 1. The Morgan fingerprint density at radius 1 is 1.09 bits per heavy atom. The molecule has 4 rings (SSSR count). The average molecular weight is 483 g/mol. The van der Waals surface area contributed by atoms with Gasteiger partial charge in [0.05, 0.1) is 14.2 Å². The number of carbonyl (C=O) groups excluding carboxylic acids is 1. The SMILES string of the molecule is COc1ccc(CNC(=O)C2CCN(c3cc(Sc4cccc(F)c4)ncn3)CC2)cc1OC. The van der Waals surface area contributed by atoms with Gasteiger partial charge in [-0.25, -0.2) is 14.4 Å². The molecule has 1 amide bonds. The summed E-state index contributed by atoms with van der Waals surface area (Å²) in [5.74, 6) is 1.86. The van der Waals surface area contributed by atoms with E-state index < -0.39 is 0 Å². The van der Waals surface area contributed by atoms with Crippen molar-refractivity contribution in [2.24, 2.45) is 5.92 Å². The number of hydrogen-bond donors (Lipinski definition) is 1. The Hall–Kier alpha value is -3.33. The number of amides is 1. The molecule has 9 heteroatoms. The number of ether oxygens (including phenoxy) is 2. The highest BCUT2D eigenvalue weighted by atomic mass is 32.2. The molecule has 0 radical (unpaired) electrons. The van der Waals surface area contributed by atoms with E-state index in [1.54, 1.807) is 20.3 Å². The second-order valence-corrected chi connectivity index (χ2v) is 9.04. The van der Waals surface area contributed by atoms with E-state index in [9.17, 15) is 9.18 Å². The zero-order valence-corrected chi connectivity index (χ0v) is 20.0. The number of carbonyl (C=O) groups is 1. The van der Waals surface area contributed by atoms with Crippen LogP contribution in [0.3, 0.4) is 0 Å². The molecule has 34 heavy (non-hydrogen) atoms. The number of anilines is 1. The van der Waals surface area contributed by atoms with Gasteiger partial charge in [0.1, 0.15) is 23.0 Å². The highest BCUT2D eigenvalue weighted by molar-refractivity contribution is 7.99. The number of aromatic nitrogens is 2. The molecule has 1 saturated heterocycles. The Morgan fingerprint density at radius 3 is 2.62 bits per heavy atom. The van der Waals surface area contributed by atoms with Crippen LogP contribution in [-0.2, 0) is 11.3 Å². The maximum Gasteiger partial charge on any atom is 0.223 e. The van der Waals surface area contributed by atoms with Crippen LogP contribution in [0, 0.1) is 11.7 Å². The maximum absolute atomic E-state index is 13.5. The summed E-state index contributed by atoms with van der Waals surface area (Å²) >= 11 is 1.40. The first-order valence-corrected chi connectivity index (χ1v) is 11.9. The fourth-order valence-corrected chi connectivity index (χ4v) is 4.73. The molecular weight excluding hydrogens is 455 g/mol. The molecule has 7 nitrogen and oxygen atoms in total. The molecule has 0 atom stereocenters. The fraction of sp³-hybridized carbons (Fsp3) is 0.320. The van der Waals surface area contributed by atoms with Gasteiger partial charge in [0.25, 0.3) is 0 Å². The van der Waals surface area contributed by atoms with Crippen LogP contribution in [0.25, 0.3) is 0 Å². The van der Waals surface area contributed by atoms with Crippen molar-refractivity contribution in [3.8, 4) is 11.5 Å². The molecule has 178 valence electrons. The summed E-state index contributed by atoms with van der Waals surface area (Å²) in [7, 11) is 3.19. The quantitative estimate of drug-likeness (QED) is 0.479. The smallest absolute Gasteiger partial charge is 0.223 e. The minimum atomic E-state index is -0.272. The first-order valence-electron chi connectivity index (χ1n) is 11.0. The van der Waals surface area contributed by atoms with Crippen molar-refractivity contribution in [2.75, 3.05) is 32.2 Å². The highest BCUT2D eigenvalue weighted by Crippen LogP contribution is 2.30. The van der Waals surface area contributed by atoms with Crippen molar-refractivity contribution in [1.29, 1.82) is 0 Å². The van der Waals surface area contributed by atoms with Crippen molar-refractivity contribution in [3.63, 3.8) is 0 Å². The van der Waals surface area contributed by atoms with E-state index in [0.717, 1.165) is 47.2 Å². The normalized spacial score (nSPS) is 14.0. The van der Waals surface area contributed by atoms with Gasteiger partial charge in [-0.1, -0.05) is 23.9 Å². The molecule has 1 aliphatic heterocycles. The Balaban J connectivity index is 1.29. The number of methoxy groups -OCH3 is 2. The molecule has 3 aromatic rings. The third kappa shape index (κ3) is 5.96. The lowest BCUT2D eigenvalue weighted by molar-refractivity contribution is -0.125.